The van der Waals surface area contributed by atoms with Crippen molar-refractivity contribution in [3.63, 3.8) is 0 Å². The average molecular weight is 294 g/mol. The van der Waals surface area contributed by atoms with Gasteiger partial charge in [-0.1, -0.05) is 12.8 Å². The van der Waals surface area contributed by atoms with E-state index in [-0.39, 0.29) is 24.4 Å². The molecule has 0 radical (unpaired) electrons. The second-order valence-electron chi connectivity index (χ2n) is 6.26. The molecule has 7 heteroatoms. The Hall–Kier alpha value is -1.63. The van der Waals surface area contributed by atoms with Gasteiger partial charge in [-0.2, -0.15) is 0 Å². The molecule has 3 fully saturated rings. The van der Waals surface area contributed by atoms with Gasteiger partial charge in [-0.15, -0.1) is 0 Å². The number of imide groups is 1. The minimum absolute atomic E-state index is 0.152. The lowest BCUT2D eigenvalue weighted by Crippen LogP contribution is -2.47. The predicted octanol–water partition coefficient (Wildman–Crippen LogP) is -0.329. The molecule has 0 bridgehead atoms. The molecule has 2 saturated heterocycles. The first-order valence-electron chi connectivity index (χ1n) is 7.64. The number of hydrogen-bond acceptors (Lipinski definition) is 4. The molecule has 1 spiro atoms. The lowest BCUT2D eigenvalue weighted by atomic mass is 9.98. The van der Waals surface area contributed by atoms with Crippen molar-refractivity contribution < 1.29 is 14.4 Å². The van der Waals surface area contributed by atoms with Gasteiger partial charge in [0.2, 0.25) is 5.91 Å². The topological polar surface area (TPSA) is 81.8 Å². The molecular formula is C14H22N4O3. The largest absolute Gasteiger partial charge is 0.340 e. The molecule has 7 nitrogen and oxygen atoms in total. The first-order chi connectivity index (χ1) is 10.0. The summed E-state index contributed by atoms with van der Waals surface area (Å²) in [5, 5.41) is 6.00. The van der Waals surface area contributed by atoms with Crippen LogP contribution in [0.15, 0.2) is 0 Å². The van der Waals surface area contributed by atoms with Gasteiger partial charge in [0.1, 0.15) is 12.1 Å². The van der Waals surface area contributed by atoms with Gasteiger partial charge in [0.05, 0.1) is 0 Å². The number of carbonyl (C=O) groups excluding carboxylic acids is 3. The molecule has 2 N–H and O–H groups in total. The van der Waals surface area contributed by atoms with Crippen LogP contribution in [-0.2, 0) is 9.59 Å². The summed E-state index contributed by atoms with van der Waals surface area (Å²) in [5.74, 6) is -0.404. The van der Waals surface area contributed by atoms with E-state index in [4.69, 9.17) is 0 Å². The Kier molecular flexibility index (Phi) is 3.61. The molecule has 1 atom stereocenters. The van der Waals surface area contributed by atoms with Gasteiger partial charge in [0.15, 0.2) is 0 Å². The Morgan fingerprint density at radius 2 is 2.10 bits per heavy atom. The SMILES string of the molecule is CN(C(=O)CN1C(=O)NC2(CCCC2)C1=O)C1CCNC1. The molecule has 1 aliphatic carbocycles. The quantitative estimate of drug-likeness (QED) is 0.699. The van der Waals surface area contributed by atoms with Crippen LogP contribution in [0.25, 0.3) is 0 Å². The monoisotopic (exact) mass is 294 g/mol. The first kappa shape index (κ1) is 14.3. The van der Waals surface area contributed by atoms with Crippen LogP contribution in [0.1, 0.15) is 32.1 Å². The fraction of sp³-hybridized carbons (Fsp3) is 0.786. The Bertz CT molecular complexity index is 467. The fourth-order valence-electron chi connectivity index (χ4n) is 3.56. The Labute approximate surface area is 124 Å². The molecule has 0 aromatic rings. The highest BCUT2D eigenvalue weighted by Gasteiger charge is 2.52. The molecule has 116 valence electrons. The van der Waals surface area contributed by atoms with Gasteiger partial charge in [-0.25, -0.2) is 4.79 Å². The molecular weight excluding hydrogens is 272 g/mol. The van der Waals surface area contributed by atoms with E-state index in [1.54, 1.807) is 11.9 Å². The number of amides is 4. The van der Waals surface area contributed by atoms with Crippen LogP contribution < -0.4 is 10.6 Å². The second kappa shape index (κ2) is 5.29. The third kappa shape index (κ3) is 2.39. The zero-order chi connectivity index (χ0) is 15.0. The summed E-state index contributed by atoms with van der Waals surface area (Å²) in [5.41, 5.74) is -0.731. The van der Waals surface area contributed by atoms with Crippen molar-refractivity contribution in [1.82, 2.24) is 20.4 Å². The summed E-state index contributed by atoms with van der Waals surface area (Å²) < 4.78 is 0. The third-order valence-electron chi connectivity index (χ3n) is 4.97. The van der Waals surface area contributed by atoms with E-state index in [0.29, 0.717) is 12.8 Å². The van der Waals surface area contributed by atoms with Crippen molar-refractivity contribution in [2.75, 3.05) is 26.7 Å². The number of nitrogens with one attached hydrogen (secondary N) is 2. The van der Waals surface area contributed by atoms with Gasteiger partial charge in [-0.3, -0.25) is 14.5 Å². The van der Waals surface area contributed by atoms with Gasteiger partial charge in [0, 0.05) is 19.6 Å². The van der Waals surface area contributed by atoms with E-state index >= 15 is 0 Å². The van der Waals surface area contributed by atoms with E-state index in [1.165, 1.54) is 0 Å². The maximum Gasteiger partial charge on any atom is 0.325 e. The highest BCUT2D eigenvalue weighted by Crippen LogP contribution is 2.34. The number of carbonyl (C=O) groups is 3. The van der Waals surface area contributed by atoms with Crippen LogP contribution in [0.4, 0.5) is 4.79 Å². The zero-order valence-corrected chi connectivity index (χ0v) is 12.4. The van der Waals surface area contributed by atoms with Crippen molar-refractivity contribution in [3.05, 3.63) is 0 Å². The molecule has 0 aromatic carbocycles. The van der Waals surface area contributed by atoms with E-state index in [1.807, 2.05) is 0 Å². The lowest BCUT2D eigenvalue weighted by molar-refractivity contribution is -0.139. The normalized spacial score (nSPS) is 27.5. The Balaban J connectivity index is 1.65. The first-order valence-corrected chi connectivity index (χ1v) is 7.64. The fourth-order valence-corrected chi connectivity index (χ4v) is 3.56. The zero-order valence-electron chi connectivity index (χ0n) is 12.4. The standard InChI is InChI=1S/C14H22N4O3/c1-17(10-4-7-15-8-10)11(19)9-18-12(20)14(16-13(18)21)5-2-3-6-14/h10,15H,2-9H2,1H3,(H,16,21). The number of likely N-dealkylation sites (N-methyl/N-ethyl adjacent to an activating group) is 1. The van der Waals surface area contributed by atoms with Crippen LogP contribution in [0, 0.1) is 0 Å². The van der Waals surface area contributed by atoms with Crippen molar-refractivity contribution >= 4 is 17.8 Å². The van der Waals surface area contributed by atoms with Crippen LogP contribution in [0.3, 0.4) is 0 Å². The van der Waals surface area contributed by atoms with E-state index in [9.17, 15) is 14.4 Å². The maximum absolute atomic E-state index is 12.5. The van der Waals surface area contributed by atoms with Crippen molar-refractivity contribution in [1.29, 1.82) is 0 Å². The molecule has 1 unspecified atom stereocenters. The molecule has 4 amide bonds. The highest BCUT2D eigenvalue weighted by molar-refractivity contribution is 6.09. The van der Waals surface area contributed by atoms with Crippen molar-refractivity contribution in [2.45, 2.75) is 43.7 Å². The number of hydrogen-bond donors (Lipinski definition) is 2. The summed E-state index contributed by atoms with van der Waals surface area (Å²) in [6, 6.07) is -0.271. The maximum atomic E-state index is 12.5. The van der Waals surface area contributed by atoms with Gasteiger partial charge in [-0.05, 0) is 25.8 Å². The van der Waals surface area contributed by atoms with Crippen molar-refractivity contribution in [2.24, 2.45) is 0 Å². The molecule has 21 heavy (non-hydrogen) atoms. The summed E-state index contributed by atoms with van der Waals surface area (Å²) in [6.07, 6.45) is 4.17. The minimum atomic E-state index is -0.731. The molecule has 1 saturated carbocycles. The van der Waals surface area contributed by atoms with Gasteiger partial charge in [0.25, 0.3) is 5.91 Å². The lowest BCUT2D eigenvalue weighted by Gasteiger charge is -2.26. The van der Waals surface area contributed by atoms with Crippen LogP contribution in [0.5, 0.6) is 0 Å². The van der Waals surface area contributed by atoms with Crippen LogP contribution in [0.2, 0.25) is 0 Å². The Morgan fingerprint density at radius 3 is 2.71 bits per heavy atom. The number of urea groups is 1. The van der Waals surface area contributed by atoms with E-state index in [2.05, 4.69) is 10.6 Å². The van der Waals surface area contributed by atoms with Gasteiger partial charge >= 0.3 is 6.03 Å². The summed E-state index contributed by atoms with van der Waals surface area (Å²) in [4.78, 5) is 39.6. The summed E-state index contributed by atoms with van der Waals surface area (Å²) in [6.45, 7) is 1.51. The molecule has 2 aliphatic heterocycles. The average Bonchev–Trinajstić information content (AvgIpc) is 3.17. The molecule has 3 rings (SSSR count). The predicted molar refractivity (Wildman–Crippen MR) is 75.5 cm³/mol. The number of nitrogens with zero attached hydrogens (tertiary/aromatic N) is 2. The summed E-state index contributed by atoms with van der Waals surface area (Å²) in [7, 11) is 1.74. The van der Waals surface area contributed by atoms with E-state index < -0.39 is 11.6 Å². The van der Waals surface area contributed by atoms with Gasteiger partial charge < -0.3 is 15.5 Å². The highest BCUT2D eigenvalue weighted by atomic mass is 16.2. The smallest absolute Gasteiger partial charge is 0.325 e. The van der Waals surface area contributed by atoms with Crippen molar-refractivity contribution in [3.8, 4) is 0 Å². The Morgan fingerprint density at radius 1 is 1.38 bits per heavy atom. The van der Waals surface area contributed by atoms with E-state index in [0.717, 1.165) is 37.3 Å². The van der Waals surface area contributed by atoms with Crippen LogP contribution >= 0.6 is 0 Å². The second-order valence-corrected chi connectivity index (χ2v) is 6.26. The molecule has 0 aromatic heterocycles. The summed E-state index contributed by atoms with van der Waals surface area (Å²) >= 11 is 0. The molecule has 2 heterocycles. The third-order valence-corrected chi connectivity index (χ3v) is 4.97. The minimum Gasteiger partial charge on any atom is -0.340 e. The molecule has 3 aliphatic rings. The van der Waals surface area contributed by atoms with Crippen LogP contribution in [-0.4, -0.2) is 65.9 Å². The number of rotatable bonds is 3.